The number of hydrogen-bond donors (Lipinski definition) is 0. The second-order valence-electron chi connectivity index (χ2n) is 5.97. The minimum atomic E-state index is -3.70. The zero-order chi connectivity index (χ0) is 19.2. The fourth-order valence-electron chi connectivity index (χ4n) is 3.04. The smallest absolute Gasteiger partial charge is 0.266 e. The van der Waals surface area contributed by atoms with Gasteiger partial charge in [0.05, 0.1) is 27.5 Å². The first kappa shape index (κ1) is 18.0. The number of benzene rings is 2. The minimum Gasteiger partial charge on any atom is -0.266 e. The maximum atomic E-state index is 13.0. The van der Waals surface area contributed by atoms with E-state index in [0.717, 1.165) is 10.2 Å². The van der Waals surface area contributed by atoms with Crippen LogP contribution in [0.3, 0.4) is 0 Å². The van der Waals surface area contributed by atoms with E-state index in [1.807, 2.05) is 18.2 Å². The van der Waals surface area contributed by atoms with Crippen molar-refractivity contribution in [1.82, 2.24) is 9.78 Å². The minimum absolute atomic E-state index is 0.0600. The highest BCUT2D eigenvalue weighted by atomic mass is 35.5. The highest BCUT2D eigenvalue weighted by molar-refractivity contribution is 7.92. The second kappa shape index (κ2) is 6.67. The summed E-state index contributed by atoms with van der Waals surface area (Å²) in [7, 11) is -3.70. The van der Waals surface area contributed by atoms with Gasteiger partial charge in [-0.25, -0.2) is 8.42 Å². The molecule has 0 bridgehead atoms. The van der Waals surface area contributed by atoms with E-state index in [0.29, 0.717) is 24.3 Å². The van der Waals surface area contributed by atoms with Crippen molar-refractivity contribution in [2.45, 2.75) is 11.3 Å². The molecule has 9 heteroatoms. The van der Waals surface area contributed by atoms with E-state index in [-0.39, 0.29) is 14.9 Å². The highest BCUT2D eigenvalue weighted by Gasteiger charge is 2.30. The number of rotatable bonds is 3. The van der Waals surface area contributed by atoms with E-state index in [2.05, 4.69) is 5.10 Å². The summed E-state index contributed by atoms with van der Waals surface area (Å²) < 4.78 is 28.5. The first-order chi connectivity index (χ1) is 12.9. The fraction of sp³-hybridized carbons (Fsp3) is 0.111. The van der Waals surface area contributed by atoms with Crippen molar-refractivity contribution >= 4 is 38.9 Å². The number of aromatic nitrogens is 2. The first-order valence-electron chi connectivity index (χ1n) is 8.04. The van der Waals surface area contributed by atoms with Crippen LogP contribution in [0.5, 0.6) is 0 Å². The van der Waals surface area contributed by atoms with Crippen LogP contribution in [-0.4, -0.2) is 24.7 Å². The van der Waals surface area contributed by atoms with Crippen molar-refractivity contribution in [2.24, 2.45) is 0 Å². The van der Waals surface area contributed by atoms with E-state index in [4.69, 9.17) is 23.2 Å². The topological polar surface area (TPSA) is 72.3 Å². The van der Waals surface area contributed by atoms with E-state index in [1.165, 1.54) is 34.8 Å². The zero-order valence-corrected chi connectivity index (χ0v) is 16.2. The van der Waals surface area contributed by atoms with Gasteiger partial charge in [0.1, 0.15) is 5.02 Å². The van der Waals surface area contributed by atoms with Gasteiger partial charge in [-0.2, -0.15) is 9.78 Å². The standard InChI is InChI=1S/C18H13Cl2N3O3S/c19-15-11-21-23(18(24)17(15)20)13-5-7-14(8-6-13)27(25,26)22-10-9-12-3-1-2-4-16(12)22/h1-8,11H,9-10H2. The van der Waals surface area contributed by atoms with Crippen molar-refractivity contribution in [3.63, 3.8) is 0 Å². The molecule has 1 aliphatic rings. The lowest BCUT2D eigenvalue weighted by Crippen LogP contribution is -2.29. The number of halogens is 2. The normalized spacial score (nSPS) is 13.6. The molecule has 0 radical (unpaired) electrons. The predicted molar refractivity (Wildman–Crippen MR) is 105 cm³/mol. The van der Waals surface area contributed by atoms with Gasteiger partial charge in [0.15, 0.2) is 0 Å². The average molecular weight is 422 g/mol. The van der Waals surface area contributed by atoms with Gasteiger partial charge in [-0.3, -0.25) is 9.10 Å². The van der Waals surface area contributed by atoms with Crippen LogP contribution in [0.2, 0.25) is 10.0 Å². The third kappa shape index (κ3) is 3.01. The van der Waals surface area contributed by atoms with Crippen molar-refractivity contribution in [3.05, 3.63) is 80.7 Å². The zero-order valence-electron chi connectivity index (χ0n) is 13.8. The van der Waals surface area contributed by atoms with E-state index >= 15 is 0 Å². The quantitative estimate of drug-likeness (QED) is 0.650. The molecule has 0 N–H and O–H groups in total. The SMILES string of the molecule is O=c1c(Cl)c(Cl)cnn1-c1ccc(S(=O)(=O)N2CCc3ccccc32)cc1. The van der Waals surface area contributed by atoms with Crippen LogP contribution < -0.4 is 9.86 Å². The Bertz CT molecular complexity index is 1190. The molecule has 3 aromatic rings. The molecule has 1 aliphatic heterocycles. The maximum Gasteiger partial charge on any atom is 0.291 e. The molecule has 2 aromatic carbocycles. The summed E-state index contributed by atoms with van der Waals surface area (Å²) in [5.41, 5.74) is 1.51. The second-order valence-corrected chi connectivity index (χ2v) is 8.62. The van der Waals surface area contributed by atoms with Crippen molar-refractivity contribution in [2.75, 3.05) is 10.8 Å². The van der Waals surface area contributed by atoms with Gasteiger partial charge < -0.3 is 0 Å². The lowest BCUT2D eigenvalue weighted by atomic mass is 10.2. The predicted octanol–water partition coefficient (Wildman–Crippen LogP) is 3.29. The van der Waals surface area contributed by atoms with Gasteiger partial charge in [0.2, 0.25) is 0 Å². The summed E-state index contributed by atoms with van der Waals surface area (Å²) in [5.74, 6) is 0. The average Bonchev–Trinajstić information content (AvgIpc) is 3.11. The van der Waals surface area contributed by atoms with Crippen LogP contribution in [-0.2, 0) is 16.4 Å². The van der Waals surface area contributed by atoms with E-state index in [9.17, 15) is 13.2 Å². The molecule has 0 atom stereocenters. The molecule has 0 spiro atoms. The van der Waals surface area contributed by atoms with E-state index in [1.54, 1.807) is 6.07 Å². The number of nitrogens with zero attached hydrogens (tertiary/aromatic N) is 3. The van der Waals surface area contributed by atoms with Gasteiger partial charge in [0.25, 0.3) is 15.6 Å². The molecule has 6 nitrogen and oxygen atoms in total. The Morgan fingerprint density at radius 1 is 1.00 bits per heavy atom. The Hall–Kier alpha value is -2.35. The Morgan fingerprint density at radius 3 is 2.44 bits per heavy atom. The molecule has 27 heavy (non-hydrogen) atoms. The molecule has 1 aromatic heterocycles. The Labute approximate surface area is 165 Å². The van der Waals surface area contributed by atoms with Crippen LogP contribution >= 0.6 is 23.2 Å². The van der Waals surface area contributed by atoms with Gasteiger partial charge in [0, 0.05) is 6.54 Å². The van der Waals surface area contributed by atoms with Gasteiger partial charge in [-0.05, 0) is 42.3 Å². The van der Waals surface area contributed by atoms with Gasteiger partial charge in [-0.15, -0.1) is 0 Å². The summed E-state index contributed by atoms with van der Waals surface area (Å²) in [5, 5.41) is 3.85. The summed E-state index contributed by atoms with van der Waals surface area (Å²) in [4.78, 5) is 12.3. The molecule has 138 valence electrons. The lowest BCUT2D eigenvalue weighted by molar-refractivity contribution is 0.592. The number of para-hydroxylation sites is 1. The lowest BCUT2D eigenvalue weighted by Gasteiger charge is -2.19. The Morgan fingerprint density at radius 2 is 1.70 bits per heavy atom. The molecular formula is C18H13Cl2N3O3S. The molecule has 2 heterocycles. The van der Waals surface area contributed by atoms with Crippen LogP contribution in [0.4, 0.5) is 5.69 Å². The number of fused-ring (bicyclic) bond motifs is 1. The first-order valence-corrected chi connectivity index (χ1v) is 10.2. The molecule has 0 saturated heterocycles. The van der Waals surface area contributed by atoms with Crippen molar-refractivity contribution in [1.29, 1.82) is 0 Å². The largest absolute Gasteiger partial charge is 0.291 e. The van der Waals surface area contributed by atoms with Crippen molar-refractivity contribution < 1.29 is 8.42 Å². The van der Waals surface area contributed by atoms with Gasteiger partial charge in [-0.1, -0.05) is 41.4 Å². The summed E-state index contributed by atoms with van der Waals surface area (Å²) in [6, 6.07) is 13.3. The molecule has 0 amide bonds. The van der Waals surface area contributed by atoms with Crippen LogP contribution in [0.15, 0.2) is 64.4 Å². The highest BCUT2D eigenvalue weighted by Crippen LogP contribution is 2.32. The van der Waals surface area contributed by atoms with E-state index < -0.39 is 15.6 Å². The Kier molecular flexibility index (Phi) is 4.46. The summed E-state index contributed by atoms with van der Waals surface area (Å²) in [6.07, 6.45) is 1.94. The summed E-state index contributed by atoms with van der Waals surface area (Å²) >= 11 is 11.6. The molecule has 0 aliphatic carbocycles. The van der Waals surface area contributed by atoms with Crippen LogP contribution in [0, 0.1) is 0 Å². The monoisotopic (exact) mass is 421 g/mol. The molecule has 4 rings (SSSR count). The number of anilines is 1. The molecule has 0 unspecified atom stereocenters. The van der Waals surface area contributed by atoms with Crippen LogP contribution in [0.25, 0.3) is 5.69 Å². The summed E-state index contributed by atoms with van der Waals surface area (Å²) in [6.45, 7) is 0.400. The van der Waals surface area contributed by atoms with Gasteiger partial charge >= 0.3 is 0 Å². The van der Waals surface area contributed by atoms with Crippen molar-refractivity contribution in [3.8, 4) is 5.69 Å². The van der Waals surface area contributed by atoms with Crippen LogP contribution in [0.1, 0.15) is 5.56 Å². The number of hydrogen-bond acceptors (Lipinski definition) is 4. The third-order valence-corrected chi connectivity index (χ3v) is 6.97. The Balaban J connectivity index is 1.71. The maximum absolute atomic E-state index is 13.0. The fourth-order valence-corrected chi connectivity index (χ4v) is 4.80. The third-order valence-electron chi connectivity index (χ3n) is 4.39. The molecular weight excluding hydrogens is 409 g/mol. The number of sulfonamides is 1. The molecule has 0 saturated carbocycles. The molecule has 0 fully saturated rings.